The molecule has 19 heavy (non-hydrogen) atoms. The van der Waals surface area contributed by atoms with Crippen molar-refractivity contribution < 1.29 is 12.8 Å². The molecule has 0 unspecified atom stereocenters. The second-order valence-corrected chi connectivity index (χ2v) is 6.34. The zero-order valence-corrected chi connectivity index (χ0v) is 11.5. The van der Waals surface area contributed by atoms with E-state index in [2.05, 4.69) is 6.58 Å². The molecule has 0 saturated heterocycles. The molecule has 6 nitrogen and oxygen atoms in total. The molecule has 1 aromatic heterocycles. The topological polar surface area (TPSA) is 72.5 Å². The van der Waals surface area contributed by atoms with E-state index < -0.39 is 15.8 Å². The Morgan fingerprint density at radius 2 is 2.11 bits per heavy atom. The lowest BCUT2D eigenvalue weighted by molar-refractivity contribution is 0.514. The fraction of sp³-hybridized carbons (Fsp3) is 0.250. The van der Waals surface area contributed by atoms with Gasteiger partial charge in [0.15, 0.2) is 5.58 Å². The third-order valence-electron chi connectivity index (χ3n) is 2.73. The summed E-state index contributed by atoms with van der Waals surface area (Å²) in [7, 11) is -0.656. The van der Waals surface area contributed by atoms with Gasteiger partial charge in [0, 0.05) is 26.7 Å². The first-order valence-corrected chi connectivity index (χ1v) is 6.98. The van der Waals surface area contributed by atoms with Gasteiger partial charge in [0.05, 0.1) is 10.4 Å². The zero-order chi connectivity index (χ0) is 14.2. The van der Waals surface area contributed by atoms with Gasteiger partial charge < -0.3 is 4.42 Å². The quantitative estimate of drug-likeness (QED) is 0.785. The zero-order valence-electron chi connectivity index (χ0n) is 10.7. The van der Waals surface area contributed by atoms with Crippen molar-refractivity contribution in [2.45, 2.75) is 11.4 Å². The summed E-state index contributed by atoms with van der Waals surface area (Å²) in [6, 6.07) is 4.36. The number of nitrogens with zero attached hydrogens (tertiary/aromatic N) is 2. The molecular formula is C12H14N2O4S. The molecular weight excluding hydrogens is 268 g/mol. The smallest absolute Gasteiger partial charge is 0.408 e. The van der Waals surface area contributed by atoms with Gasteiger partial charge in [0.25, 0.3) is 0 Å². The van der Waals surface area contributed by atoms with Crippen LogP contribution < -0.4 is 5.76 Å². The Hall–Kier alpha value is -1.86. The van der Waals surface area contributed by atoms with Crippen LogP contribution in [-0.4, -0.2) is 31.4 Å². The summed E-state index contributed by atoms with van der Waals surface area (Å²) in [6.45, 7) is 3.87. The molecule has 0 aliphatic rings. The SMILES string of the molecule is C=CCn1c(=O)oc2cc(S(=O)(=O)N(C)C)ccc21. The van der Waals surface area contributed by atoms with Gasteiger partial charge in [-0.15, -0.1) is 6.58 Å². The Labute approximate surface area is 110 Å². The van der Waals surface area contributed by atoms with Crippen LogP contribution in [0.25, 0.3) is 11.1 Å². The third kappa shape index (κ3) is 2.22. The van der Waals surface area contributed by atoms with E-state index in [1.165, 1.54) is 30.8 Å². The predicted molar refractivity (Wildman–Crippen MR) is 71.5 cm³/mol. The van der Waals surface area contributed by atoms with Gasteiger partial charge in [-0.2, -0.15) is 0 Å². The minimum atomic E-state index is -3.54. The van der Waals surface area contributed by atoms with E-state index in [0.29, 0.717) is 12.1 Å². The summed E-state index contributed by atoms with van der Waals surface area (Å²) in [5, 5.41) is 0. The Morgan fingerprint density at radius 3 is 2.68 bits per heavy atom. The normalized spacial score (nSPS) is 12.2. The number of aromatic nitrogens is 1. The minimum Gasteiger partial charge on any atom is -0.408 e. The fourth-order valence-corrected chi connectivity index (χ4v) is 2.64. The minimum absolute atomic E-state index is 0.0875. The first kappa shape index (κ1) is 13.6. The van der Waals surface area contributed by atoms with Crippen molar-refractivity contribution in [1.29, 1.82) is 0 Å². The van der Waals surface area contributed by atoms with E-state index >= 15 is 0 Å². The van der Waals surface area contributed by atoms with Crippen LogP contribution in [0.3, 0.4) is 0 Å². The monoisotopic (exact) mass is 282 g/mol. The molecule has 2 rings (SSSR count). The van der Waals surface area contributed by atoms with E-state index in [1.54, 1.807) is 12.1 Å². The molecule has 1 aromatic carbocycles. The molecule has 0 spiro atoms. The number of oxazole rings is 1. The van der Waals surface area contributed by atoms with Gasteiger partial charge in [-0.3, -0.25) is 4.57 Å². The largest absolute Gasteiger partial charge is 0.420 e. The number of hydrogen-bond acceptors (Lipinski definition) is 4. The Balaban J connectivity index is 2.67. The van der Waals surface area contributed by atoms with E-state index in [0.717, 1.165) is 4.31 Å². The number of benzene rings is 1. The van der Waals surface area contributed by atoms with Crippen molar-refractivity contribution in [3.63, 3.8) is 0 Å². The number of fused-ring (bicyclic) bond motifs is 1. The standard InChI is InChI=1S/C12H14N2O4S/c1-4-7-14-10-6-5-9(19(16,17)13(2)3)8-11(10)18-12(14)15/h4-6,8H,1,7H2,2-3H3. The van der Waals surface area contributed by atoms with Crippen LogP contribution in [0.4, 0.5) is 0 Å². The van der Waals surface area contributed by atoms with Crippen molar-refractivity contribution in [3.05, 3.63) is 41.4 Å². The van der Waals surface area contributed by atoms with Crippen LogP contribution in [0.5, 0.6) is 0 Å². The van der Waals surface area contributed by atoms with E-state index in [9.17, 15) is 13.2 Å². The number of allylic oxidation sites excluding steroid dienone is 1. The van der Waals surface area contributed by atoms with Gasteiger partial charge in [-0.1, -0.05) is 6.08 Å². The first-order valence-electron chi connectivity index (χ1n) is 5.54. The van der Waals surface area contributed by atoms with Gasteiger partial charge in [-0.25, -0.2) is 17.5 Å². The lowest BCUT2D eigenvalue weighted by Gasteiger charge is -2.10. The summed E-state index contributed by atoms with van der Waals surface area (Å²) < 4.78 is 31.5. The molecule has 0 aliphatic heterocycles. The molecule has 0 fully saturated rings. The highest BCUT2D eigenvalue weighted by molar-refractivity contribution is 7.89. The average molecular weight is 282 g/mol. The summed E-state index contributed by atoms with van der Waals surface area (Å²) in [5.74, 6) is -0.533. The maximum atomic E-state index is 12.0. The summed E-state index contributed by atoms with van der Waals surface area (Å²) in [4.78, 5) is 11.7. The molecule has 0 amide bonds. The highest BCUT2D eigenvalue weighted by Crippen LogP contribution is 2.20. The van der Waals surface area contributed by atoms with Crippen LogP contribution >= 0.6 is 0 Å². The molecule has 0 N–H and O–H groups in total. The Kier molecular flexibility index (Phi) is 3.34. The molecule has 0 saturated carbocycles. The molecule has 102 valence electrons. The van der Waals surface area contributed by atoms with Crippen molar-refractivity contribution in [2.75, 3.05) is 14.1 Å². The average Bonchev–Trinajstić information content (AvgIpc) is 2.65. The van der Waals surface area contributed by atoms with Crippen molar-refractivity contribution >= 4 is 21.1 Å². The van der Waals surface area contributed by atoms with Gasteiger partial charge >= 0.3 is 5.76 Å². The molecule has 2 aromatic rings. The van der Waals surface area contributed by atoms with Crippen LogP contribution in [0.15, 0.2) is 45.0 Å². The molecule has 0 atom stereocenters. The number of rotatable bonds is 4. The maximum absolute atomic E-state index is 12.0. The lowest BCUT2D eigenvalue weighted by Crippen LogP contribution is -2.22. The Bertz CT molecular complexity index is 784. The highest BCUT2D eigenvalue weighted by Gasteiger charge is 2.19. The summed E-state index contributed by atoms with van der Waals surface area (Å²) >= 11 is 0. The molecule has 0 bridgehead atoms. The second kappa shape index (κ2) is 4.67. The second-order valence-electron chi connectivity index (χ2n) is 4.18. The molecule has 7 heteroatoms. The van der Waals surface area contributed by atoms with Crippen molar-refractivity contribution in [1.82, 2.24) is 8.87 Å². The Morgan fingerprint density at radius 1 is 1.42 bits per heavy atom. The first-order chi connectivity index (χ1) is 8.87. The third-order valence-corrected chi connectivity index (χ3v) is 4.54. The summed E-state index contributed by atoms with van der Waals surface area (Å²) in [6.07, 6.45) is 1.57. The van der Waals surface area contributed by atoms with E-state index in [1.807, 2.05) is 0 Å². The van der Waals surface area contributed by atoms with Crippen LogP contribution in [0.1, 0.15) is 0 Å². The van der Waals surface area contributed by atoms with E-state index in [4.69, 9.17) is 4.42 Å². The van der Waals surface area contributed by atoms with Crippen molar-refractivity contribution in [3.8, 4) is 0 Å². The fourth-order valence-electron chi connectivity index (χ4n) is 1.72. The number of sulfonamides is 1. The predicted octanol–water partition coefficient (Wildman–Crippen LogP) is 1.03. The number of hydrogen-bond donors (Lipinski definition) is 0. The van der Waals surface area contributed by atoms with Gasteiger partial charge in [-0.05, 0) is 12.1 Å². The van der Waals surface area contributed by atoms with Crippen LogP contribution in [0, 0.1) is 0 Å². The van der Waals surface area contributed by atoms with Crippen LogP contribution in [-0.2, 0) is 16.6 Å². The molecule has 0 aliphatic carbocycles. The lowest BCUT2D eigenvalue weighted by atomic mass is 10.3. The molecule has 1 heterocycles. The van der Waals surface area contributed by atoms with Crippen LogP contribution in [0.2, 0.25) is 0 Å². The van der Waals surface area contributed by atoms with Gasteiger partial charge in [0.1, 0.15) is 0 Å². The highest BCUT2D eigenvalue weighted by atomic mass is 32.2. The van der Waals surface area contributed by atoms with Gasteiger partial charge in [0.2, 0.25) is 10.0 Å². The maximum Gasteiger partial charge on any atom is 0.420 e. The van der Waals surface area contributed by atoms with Crippen molar-refractivity contribution in [2.24, 2.45) is 0 Å². The summed E-state index contributed by atoms with van der Waals surface area (Å²) in [5.41, 5.74) is 0.789. The molecule has 0 radical (unpaired) electrons. The van der Waals surface area contributed by atoms with E-state index in [-0.39, 0.29) is 10.5 Å².